The maximum Gasteiger partial charge on any atom is 0.316 e. The molecule has 0 amide bonds. The molecule has 2 N–H and O–H groups in total. The SMILES string of the molecule is CCC(C)[C@H]1O[C@]2(C=C[C@@H]1C)C[C@@H]1CC(C/C=C(\C)[C@@H](OC3CC(OC)C(OC4CC(OC)C(O)C(C)O4)C(C)O3)[C@@H](C)/C=C/C=C3\CO[C@@H]4[C@H](OC)C(C)=C[C@@H](C(=O)O1)[C@]34O)O2. The quantitative estimate of drug-likeness (QED) is 0.204. The van der Waals surface area contributed by atoms with Crippen LogP contribution in [0.1, 0.15) is 93.9 Å². The van der Waals surface area contributed by atoms with Crippen molar-refractivity contribution in [2.75, 3.05) is 27.9 Å². The van der Waals surface area contributed by atoms with E-state index in [9.17, 15) is 15.0 Å². The predicted molar refractivity (Wildman–Crippen MR) is 232 cm³/mol. The molecule has 4 fully saturated rings. The molecule has 63 heavy (non-hydrogen) atoms. The molecule has 0 radical (unpaired) electrons. The number of methoxy groups -OCH3 is 3. The Morgan fingerprint density at radius 2 is 1.57 bits per heavy atom. The van der Waals surface area contributed by atoms with E-state index in [2.05, 4.69) is 46.8 Å². The van der Waals surface area contributed by atoms with Crippen molar-refractivity contribution in [2.45, 2.75) is 191 Å². The first kappa shape index (κ1) is 48.6. The van der Waals surface area contributed by atoms with Crippen molar-refractivity contribution in [3.63, 3.8) is 0 Å². The van der Waals surface area contributed by atoms with E-state index in [0.29, 0.717) is 37.7 Å². The minimum absolute atomic E-state index is 0.0805. The molecule has 354 valence electrons. The van der Waals surface area contributed by atoms with E-state index in [1.165, 1.54) is 0 Å². The van der Waals surface area contributed by atoms with Gasteiger partial charge in [-0.2, -0.15) is 0 Å². The first-order chi connectivity index (χ1) is 30.0. The molecule has 0 aromatic carbocycles. The Bertz CT molecular complexity index is 1740. The van der Waals surface area contributed by atoms with Crippen molar-refractivity contribution < 1.29 is 67.1 Å². The van der Waals surface area contributed by atoms with E-state index in [-0.39, 0.29) is 42.7 Å². The zero-order valence-electron chi connectivity index (χ0n) is 39.2. The molecule has 2 bridgehead atoms. The lowest BCUT2D eigenvalue weighted by atomic mass is 9.70. The molecule has 14 nitrogen and oxygen atoms in total. The zero-order valence-corrected chi connectivity index (χ0v) is 39.2. The van der Waals surface area contributed by atoms with Gasteiger partial charge in [0.15, 0.2) is 18.4 Å². The zero-order chi connectivity index (χ0) is 45.4. The lowest BCUT2D eigenvalue weighted by Gasteiger charge is -2.48. The average Bonchev–Trinajstić information content (AvgIpc) is 3.59. The first-order valence-corrected chi connectivity index (χ1v) is 23.2. The summed E-state index contributed by atoms with van der Waals surface area (Å²) in [6.07, 6.45) is 9.95. The van der Waals surface area contributed by atoms with E-state index < -0.39 is 90.8 Å². The van der Waals surface area contributed by atoms with Gasteiger partial charge in [0.1, 0.15) is 42.0 Å². The second kappa shape index (κ2) is 20.3. The van der Waals surface area contributed by atoms with Crippen molar-refractivity contribution in [3.05, 3.63) is 59.3 Å². The van der Waals surface area contributed by atoms with Crippen LogP contribution in [0.5, 0.6) is 0 Å². The van der Waals surface area contributed by atoms with Crippen LogP contribution in [0.3, 0.4) is 0 Å². The second-order valence-corrected chi connectivity index (χ2v) is 19.2. The van der Waals surface area contributed by atoms with Crippen molar-refractivity contribution in [1.82, 2.24) is 0 Å². The third-order valence-corrected chi connectivity index (χ3v) is 14.7. The normalized spacial score (nSPS) is 48.6. The summed E-state index contributed by atoms with van der Waals surface area (Å²) in [5, 5.41) is 23.2. The summed E-state index contributed by atoms with van der Waals surface area (Å²) in [7, 11) is 4.82. The first-order valence-electron chi connectivity index (χ1n) is 23.2. The Morgan fingerprint density at radius 3 is 2.29 bits per heavy atom. The number of aliphatic hydroxyl groups excluding tert-OH is 1. The number of ether oxygens (including phenoxy) is 11. The fourth-order valence-corrected chi connectivity index (χ4v) is 10.9. The van der Waals surface area contributed by atoms with Gasteiger partial charge in [0, 0.05) is 58.8 Å². The van der Waals surface area contributed by atoms with Crippen LogP contribution < -0.4 is 0 Å². The predicted octanol–water partition coefficient (Wildman–Crippen LogP) is 6.03. The van der Waals surface area contributed by atoms with Gasteiger partial charge in [-0.05, 0) is 62.8 Å². The molecule has 1 aliphatic carbocycles. The van der Waals surface area contributed by atoms with E-state index in [4.69, 9.17) is 52.1 Å². The molecule has 10 unspecified atom stereocenters. The highest BCUT2D eigenvalue weighted by Crippen LogP contribution is 2.48. The van der Waals surface area contributed by atoms with E-state index in [0.717, 1.165) is 17.6 Å². The molecular formula is C49H74O14. The molecule has 0 aromatic rings. The van der Waals surface area contributed by atoms with Crippen molar-refractivity contribution in [2.24, 2.45) is 23.7 Å². The van der Waals surface area contributed by atoms with Crippen molar-refractivity contribution in [3.8, 4) is 0 Å². The Hall–Kier alpha value is -2.31. The van der Waals surface area contributed by atoms with Gasteiger partial charge < -0.3 is 62.3 Å². The monoisotopic (exact) mass is 887 g/mol. The summed E-state index contributed by atoms with van der Waals surface area (Å²) < 4.78 is 70.0. The number of esters is 1. The number of fused-ring (bicyclic) bond motifs is 2. The largest absolute Gasteiger partial charge is 0.462 e. The summed E-state index contributed by atoms with van der Waals surface area (Å²) in [5.41, 5.74) is 0.626. The number of aliphatic hydroxyl groups is 2. The fraction of sp³-hybridized carbons (Fsp3) is 0.776. The number of rotatable bonds is 9. The van der Waals surface area contributed by atoms with Gasteiger partial charge in [0.2, 0.25) is 0 Å². The summed E-state index contributed by atoms with van der Waals surface area (Å²) in [6, 6.07) is 0. The molecule has 0 aromatic heterocycles. The van der Waals surface area contributed by atoms with Crippen molar-refractivity contribution >= 4 is 5.97 Å². The van der Waals surface area contributed by atoms with Crippen LogP contribution in [0.25, 0.3) is 0 Å². The highest BCUT2D eigenvalue weighted by atomic mass is 16.7. The Labute approximate surface area is 374 Å². The second-order valence-electron chi connectivity index (χ2n) is 19.2. The number of hydrogen-bond acceptors (Lipinski definition) is 14. The highest BCUT2D eigenvalue weighted by Gasteiger charge is 2.60. The third kappa shape index (κ3) is 10.0. The summed E-state index contributed by atoms with van der Waals surface area (Å²) in [5.74, 6) is -2.35. The van der Waals surface area contributed by atoms with Gasteiger partial charge in [-0.1, -0.05) is 70.6 Å². The molecule has 6 aliphatic heterocycles. The molecule has 7 aliphatic rings. The Kier molecular flexibility index (Phi) is 15.7. The molecule has 14 heteroatoms. The lowest BCUT2D eigenvalue weighted by Crippen LogP contribution is -2.58. The van der Waals surface area contributed by atoms with Crippen LogP contribution in [0.2, 0.25) is 0 Å². The van der Waals surface area contributed by atoms with Gasteiger partial charge in [0.05, 0.1) is 49.3 Å². The summed E-state index contributed by atoms with van der Waals surface area (Å²) in [4.78, 5) is 14.5. The van der Waals surface area contributed by atoms with Gasteiger partial charge in [-0.15, -0.1) is 0 Å². The number of allylic oxidation sites excluding steroid dienone is 2. The smallest absolute Gasteiger partial charge is 0.316 e. The summed E-state index contributed by atoms with van der Waals surface area (Å²) >= 11 is 0. The van der Waals surface area contributed by atoms with E-state index >= 15 is 0 Å². The van der Waals surface area contributed by atoms with E-state index in [1.807, 2.05) is 38.2 Å². The van der Waals surface area contributed by atoms with Crippen LogP contribution in [-0.2, 0) is 56.9 Å². The third-order valence-electron chi connectivity index (χ3n) is 14.7. The lowest BCUT2D eigenvalue weighted by molar-refractivity contribution is -0.318. The topological polar surface area (TPSA) is 159 Å². The van der Waals surface area contributed by atoms with Crippen molar-refractivity contribution in [1.29, 1.82) is 0 Å². The number of carbonyl (C=O) groups excluding carboxylic acids is 1. The molecule has 4 saturated heterocycles. The maximum absolute atomic E-state index is 14.5. The molecule has 6 heterocycles. The number of hydrogen-bond donors (Lipinski definition) is 2. The molecule has 0 saturated carbocycles. The van der Waals surface area contributed by atoms with Crippen LogP contribution in [0, 0.1) is 23.7 Å². The molecule has 1 spiro atoms. The number of carbonyl (C=O) groups is 1. The van der Waals surface area contributed by atoms with Crippen LogP contribution in [0.15, 0.2) is 59.3 Å². The average molecular weight is 887 g/mol. The van der Waals surface area contributed by atoms with Crippen LogP contribution >= 0.6 is 0 Å². The molecule has 7 rings (SSSR count). The highest BCUT2D eigenvalue weighted by molar-refractivity contribution is 5.78. The minimum Gasteiger partial charge on any atom is -0.462 e. The standard InChI is InChI=1S/C49H74O14/c1-12-26(2)43-29(5)18-19-48(63-43)24-35-21-34(62-48)17-16-28(4)42(60-40-23-38(54-10)45(32(8)58-40)61-39-22-37(53-9)41(50)31(7)57-39)27(3)14-13-15-33-25-56-46-44(55-11)30(6)20-36(47(51)59-35)49(33,46)52/h13-16,18-20,26-27,29,31-32,34-46,50,52H,12,17,21-25H2,1-11H3/b14-13+,28-16+,33-15+/t26?,27-,29-,31?,32?,34?,35-,36-,37?,38?,39?,40?,41?,42-,43+,44+,45?,46+,48+,49+/m0/s1. The maximum atomic E-state index is 14.5. The van der Waals surface area contributed by atoms with Crippen LogP contribution in [-0.4, -0.2) is 141 Å². The van der Waals surface area contributed by atoms with E-state index in [1.54, 1.807) is 34.3 Å². The van der Waals surface area contributed by atoms with Gasteiger partial charge in [-0.3, -0.25) is 4.79 Å². The van der Waals surface area contributed by atoms with Gasteiger partial charge >= 0.3 is 5.97 Å². The van der Waals surface area contributed by atoms with Gasteiger partial charge in [0.25, 0.3) is 0 Å². The summed E-state index contributed by atoms with van der Waals surface area (Å²) in [6.45, 7) is 16.4. The van der Waals surface area contributed by atoms with Crippen LogP contribution in [0.4, 0.5) is 0 Å². The Morgan fingerprint density at radius 1 is 0.857 bits per heavy atom. The minimum atomic E-state index is -1.71. The molecular weight excluding hydrogens is 813 g/mol. The van der Waals surface area contributed by atoms with Gasteiger partial charge in [-0.25, -0.2) is 0 Å². The Balaban J connectivity index is 1.19. The fourth-order valence-electron chi connectivity index (χ4n) is 10.9. The molecule has 20 atom stereocenters.